The lowest BCUT2D eigenvalue weighted by atomic mass is 10.1. The summed E-state index contributed by atoms with van der Waals surface area (Å²) < 4.78 is 82.0. The normalized spacial score (nSPS) is 11.8. The lowest BCUT2D eigenvalue weighted by Gasteiger charge is -2.13. The Labute approximate surface area is 176 Å². The summed E-state index contributed by atoms with van der Waals surface area (Å²) >= 11 is 0. The molecule has 5 nitrogen and oxygen atoms in total. The molecule has 0 N–H and O–H groups in total. The van der Waals surface area contributed by atoms with Gasteiger partial charge < -0.3 is 4.57 Å². The topological polar surface area (TPSA) is 60.7 Å². The molecular formula is C21H12F6N4O. The third-order valence-electron chi connectivity index (χ3n) is 4.76. The van der Waals surface area contributed by atoms with E-state index in [1.54, 1.807) is 0 Å². The van der Waals surface area contributed by atoms with Gasteiger partial charge in [0.05, 0.1) is 29.5 Å². The first kappa shape index (κ1) is 21.5. The highest BCUT2D eigenvalue weighted by atomic mass is 19.4. The first-order valence-electron chi connectivity index (χ1n) is 9.12. The molecule has 0 atom stereocenters. The molecule has 2 aromatic carbocycles. The molecule has 0 aliphatic heterocycles. The van der Waals surface area contributed by atoms with Crippen LogP contribution in [0.4, 0.5) is 26.3 Å². The number of rotatable bonds is 4. The molecule has 0 aliphatic rings. The van der Waals surface area contributed by atoms with Crippen molar-refractivity contribution < 1.29 is 26.3 Å². The van der Waals surface area contributed by atoms with Crippen molar-refractivity contribution in [1.82, 2.24) is 19.5 Å². The lowest BCUT2D eigenvalue weighted by molar-refractivity contribution is -0.142. The maximum absolute atomic E-state index is 14.0. The number of fused-ring (bicyclic) bond motifs is 1. The zero-order valence-corrected chi connectivity index (χ0v) is 16.0. The van der Waals surface area contributed by atoms with Gasteiger partial charge in [0, 0.05) is 36.5 Å². The molecule has 0 saturated carbocycles. The quantitative estimate of drug-likeness (QED) is 0.436. The molecule has 2 aromatic heterocycles. The molecular weight excluding hydrogens is 438 g/mol. The van der Waals surface area contributed by atoms with Crippen molar-refractivity contribution in [1.29, 1.82) is 0 Å². The van der Waals surface area contributed by atoms with Crippen molar-refractivity contribution >= 4 is 10.9 Å². The molecule has 0 spiro atoms. The van der Waals surface area contributed by atoms with Crippen LogP contribution in [0.25, 0.3) is 10.9 Å². The van der Waals surface area contributed by atoms with Crippen LogP contribution in [0.15, 0.2) is 53.8 Å². The van der Waals surface area contributed by atoms with E-state index in [-0.39, 0.29) is 29.6 Å². The highest BCUT2D eigenvalue weighted by Crippen LogP contribution is 2.30. The Balaban J connectivity index is 1.74. The molecule has 32 heavy (non-hydrogen) atoms. The van der Waals surface area contributed by atoms with Crippen LogP contribution in [0.1, 0.15) is 22.5 Å². The second-order valence-corrected chi connectivity index (χ2v) is 6.90. The van der Waals surface area contributed by atoms with Gasteiger partial charge in [0.15, 0.2) is 5.69 Å². The average molecular weight is 450 g/mol. The Morgan fingerprint density at radius 1 is 0.906 bits per heavy atom. The van der Waals surface area contributed by atoms with Crippen LogP contribution >= 0.6 is 0 Å². The van der Waals surface area contributed by atoms with Gasteiger partial charge in [0.25, 0.3) is 5.56 Å². The first-order valence-corrected chi connectivity index (χ1v) is 9.12. The summed E-state index contributed by atoms with van der Waals surface area (Å²) in [6, 6.07) is 5.30. The van der Waals surface area contributed by atoms with Gasteiger partial charge in [-0.1, -0.05) is 6.07 Å². The Kier molecular flexibility index (Phi) is 5.41. The van der Waals surface area contributed by atoms with Gasteiger partial charge in [0.2, 0.25) is 0 Å². The van der Waals surface area contributed by atoms with Crippen LogP contribution in [-0.2, 0) is 19.1 Å². The van der Waals surface area contributed by atoms with Crippen molar-refractivity contribution in [3.05, 3.63) is 99.4 Å². The van der Waals surface area contributed by atoms with Crippen LogP contribution in [-0.4, -0.2) is 19.5 Å². The number of benzene rings is 2. The summed E-state index contributed by atoms with van der Waals surface area (Å²) in [5.74, 6) is -3.28. The van der Waals surface area contributed by atoms with Crippen molar-refractivity contribution in [2.45, 2.75) is 19.1 Å². The van der Waals surface area contributed by atoms with Crippen molar-refractivity contribution in [3.63, 3.8) is 0 Å². The van der Waals surface area contributed by atoms with E-state index < -0.39 is 40.4 Å². The second-order valence-electron chi connectivity index (χ2n) is 6.90. The molecule has 2 heterocycles. The fraction of sp³-hybridized carbons (Fsp3) is 0.143. The lowest BCUT2D eigenvalue weighted by Crippen LogP contribution is -2.15. The summed E-state index contributed by atoms with van der Waals surface area (Å²) in [4.78, 5) is 23.0. The highest BCUT2D eigenvalue weighted by Gasteiger charge is 2.35. The molecule has 0 unspecified atom stereocenters. The van der Waals surface area contributed by atoms with E-state index in [1.807, 2.05) is 0 Å². The Hall–Kier alpha value is -3.76. The van der Waals surface area contributed by atoms with E-state index >= 15 is 0 Å². The zero-order valence-electron chi connectivity index (χ0n) is 16.0. The minimum atomic E-state index is -4.70. The van der Waals surface area contributed by atoms with Crippen molar-refractivity contribution in [2.24, 2.45) is 0 Å². The molecule has 0 bridgehead atoms. The minimum Gasteiger partial charge on any atom is -0.327 e. The van der Waals surface area contributed by atoms with Gasteiger partial charge in [-0.05, 0) is 17.7 Å². The number of halogens is 6. The number of aromatic nitrogens is 4. The molecule has 0 saturated heterocycles. The third-order valence-corrected chi connectivity index (χ3v) is 4.76. The van der Waals surface area contributed by atoms with Crippen molar-refractivity contribution in [2.75, 3.05) is 0 Å². The standard InChI is InChI=1S/C21H12F6N4O/c22-12-7-15(23)14(16(24)8-12)9-31-10-30-20(32)13-5-11(1-2-18(13)31)6-17-19(21(25,26)27)29-4-3-28-17/h1-5,7-8,10H,6,9H2. The van der Waals surface area contributed by atoms with Crippen LogP contribution < -0.4 is 5.56 Å². The molecule has 0 fully saturated rings. The van der Waals surface area contributed by atoms with E-state index in [1.165, 1.54) is 22.8 Å². The van der Waals surface area contributed by atoms with Gasteiger partial charge in [0.1, 0.15) is 17.5 Å². The Bertz CT molecular complexity index is 1360. The third kappa shape index (κ3) is 4.18. The molecule has 11 heteroatoms. The van der Waals surface area contributed by atoms with Gasteiger partial charge in [-0.2, -0.15) is 18.2 Å². The maximum Gasteiger partial charge on any atom is 0.435 e. The minimum absolute atomic E-state index is 0.0328. The van der Waals surface area contributed by atoms with Gasteiger partial charge in [-0.15, -0.1) is 0 Å². The van der Waals surface area contributed by atoms with E-state index in [9.17, 15) is 31.1 Å². The molecule has 0 radical (unpaired) electrons. The average Bonchev–Trinajstić information content (AvgIpc) is 2.72. The van der Waals surface area contributed by atoms with Crippen LogP contribution in [0.3, 0.4) is 0 Å². The fourth-order valence-electron chi connectivity index (χ4n) is 3.31. The summed E-state index contributed by atoms with van der Waals surface area (Å²) in [7, 11) is 0. The van der Waals surface area contributed by atoms with Crippen LogP contribution in [0.2, 0.25) is 0 Å². The number of nitrogens with zero attached hydrogens (tertiary/aromatic N) is 4. The Morgan fingerprint density at radius 2 is 1.59 bits per heavy atom. The van der Waals surface area contributed by atoms with E-state index in [0.29, 0.717) is 17.7 Å². The SMILES string of the molecule is O=c1ncn(Cc2c(F)cc(F)cc2F)c2ccc(Cc3nccnc3C(F)(F)F)cc12. The monoisotopic (exact) mass is 450 g/mol. The molecule has 0 amide bonds. The largest absolute Gasteiger partial charge is 0.435 e. The first-order chi connectivity index (χ1) is 15.1. The summed E-state index contributed by atoms with van der Waals surface area (Å²) in [6.07, 6.45) is -1.81. The van der Waals surface area contributed by atoms with E-state index in [0.717, 1.165) is 18.7 Å². The van der Waals surface area contributed by atoms with E-state index in [2.05, 4.69) is 15.0 Å². The zero-order chi connectivity index (χ0) is 23.0. The predicted molar refractivity (Wildman–Crippen MR) is 101 cm³/mol. The highest BCUT2D eigenvalue weighted by molar-refractivity contribution is 5.79. The van der Waals surface area contributed by atoms with Gasteiger partial charge in [-0.25, -0.2) is 18.2 Å². The molecule has 4 rings (SSSR count). The maximum atomic E-state index is 14.0. The molecule has 4 aromatic rings. The predicted octanol–water partition coefficient (Wildman–Crippen LogP) is 4.26. The van der Waals surface area contributed by atoms with Crippen LogP contribution in [0, 0.1) is 17.5 Å². The number of alkyl halides is 3. The molecule has 0 aliphatic carbocycles. The van der Waals surface area contributed by atoms with Crippen molar-refractivity contribution in [3.8, 4) is 0 Å². The fourth-order valence-corrected chi connectivity index (χ4v) is 3.31. The Morgan fingerprint density at radius 3 is 2.28 bits per heavy atom. The van der Waals surface area contributed by atoms with Gasteiger partial charge in [-0.3, -0.25) is 9.78 Å². The van der Waals surface area contributed by atoms with Gasteiger partial charge >= 0.3 is 6.18 Å². The summed E-state index contributed by atoms with van der Waals surface area (Å²) in [6.45, 7) is -0.385. The second kappa shape index (κ2) is 8.06. The van der Waals surface area contributed by atoms with Crippen LogP contribution in [0.5, 0.6) is 0 Å². The van der Waals surface area contributed by atoms with E-state index in [4.69, 9.17) is 0 Å². The summed E-state index contributed by atoms with van der Waals surface area (Å²) in [5.41, 5.74) is -1.98. The summed E-state index contributed by atoms with van der Waals surface area (Å²) in [5, 5.41) is 0.0328. The number of hydrogen-bond donors (Lipinski definition) is 0. The number of hydrogen-bond acceptors (Lipinski definition) is 4. The molecule has 164 valence electrons. The smallest absolute Gasteiger partial charge is 0.327 e.